The minimum atomic E-state index is 0.146. The van der Waals surface area contributed by atoms with Gasteiger partial charge in [0.2, 0.25) is 0 Å². The standard InChI is InChI=1S/C25H24N4O3S/c1-16-4-10-21-24(28-16)26-15-27-25(21)29-22-13-18(32-14-19-3-2-12-31-19)7-11-23(22)33-20-8-5-17(30)6-9-20/h4-11,13,15,19,30H,2-3,12,14H2,1H3,(H,26,27,28,29). The molecule has 3 heterocycles. The van der Waals surface area contributed by atoms with Crippen molar-refractivity contribution in [2.24, 2.45) is 0 Å². The number of nitrogens with one attached hydrogen (secondary N) is 1. The van der Waals surface area contributed by atoms with Gasteiger partial charge in [-0.1, -0.05) is 11.8 Å². The topological polar surface area (TPSA) is 89.4 Å². The summed E-state index contributed by atoms with van der Waals surface area (Å²) in [5.74, 6) is 1.68. The van der Waals surface area contributed by atoms with Gasteiger partial charge in [-0.2, -0.15) is 0 Å². The Labute approximate surface area is 196 Å². The van der Waals surface area contributed by atoms with Gasteiger partial charge in [0.15, 0.2) is 5.65 Å². The molecule has 1 aliphatic heterocycles. The molecule has 33 heavy (non-hydrogen) atoms. The number of aromatic hydroxyl groups is 1. The van der Waals surface area contributed by atoms with Gasteiger partial charge in [-0.3, -0.25) is 0 Å². The van der Waals surface area contributed by atoms with E-state index in [1.165, 1.54) is 6.33 Å². The van der Waals surface area contributed by atoms with Crippen LogP contribution in [0.2, 0.25) is 0 Å². The molecular weight excluding hydrogens is 436 g/mol. The van der Waals surface area contributed by atoms with Gasteiger partial charge in [0.1, 0.15) is 30.3 Å². The molecule has 1 fully saturated rings. The summed E-state index contributed by atoms with van der Waals surface area (Å²) >= 11 is 1.59. The maximum absolute atomic E-state index is 9.61. The normalized spacial score (nSPS) is 15.6. The Bertz CT molecular complexity index is 1260. The first-order chi connectivity index (χ1) is 16.1. The number of phenolic OH excluding ortho intramolecular Hbond substituents is 1. The first-order valence-corrected chi connectivity index (χ1v) is 11.7. The van der Waals surface area contributed by atoms with E-state index < -0.39 is 0 Å². The summed E-state index contributed by atoms with van der Waals surface area (Å²) in [7, 11) is 0. The van der Waals surface area contributed by atoms with Crippen LogP contribution in [0.3, 0.4) is 0 Å². The Balaban J connectivity index is 1.46. The van der Waals surface area contributed by atoms with E-state index in [1.807, 2.05) is 49.4 Å². The van der Waals surface area contributed by atoms with Gasteiger partial charge >= 0.3 is 0 Å². The maximum atomic E-state index is 9.61. The number of benzene rings is 2. The van der Waals surface area contributed by atoms with Crippen molar-refractivity contribution in [1.29, 1.82) is 0 Å². The molecule has 1 aliphatic rings. The van der Waals surface area contributed by atoms with Gasteiger partial charge in [-0.15, -0.1) is 0 Å². The molecule has 0 spiro atoms. The number of fused-ring (bicyclic) bond motifs is 1. The van der Waals surface area contributed by atoms with Crippen molar-refractivity contribution < 1.29 is 14.6 Å². The fraction of sp³-hybridized carbons (Fsp3) is 0.240. The van der Waals surface area contributed by atoms with E-state index in [4.69, 9.17) is 9.47 Å². The SMILES string of the molecule is Cc1ccc2c(Nc3cc(OCC4CCCO4)ccc3Sc3ccc(O)cc3)ncnc2n1. The average Bonchev–Trinajstić information content (AvgIpc) is 3.34. The summed E-state index contributed by atoms with van der Waals surface area (Å²) < 4.78 is 11.7. The molecular formula is C25H24N4O3S. The Hall–Kier alpha value is -3.36. The van der Waals surface area contributed by atoms with Crippen LogP contribution >= 0.6 is 11.8 Å². The maximum Gasteiger partial charge on any atom is 0.164 e. The number of rotatable bonds is 7. The summed E-state index contributed by atoms with van der Waals surface area (Å²) in [5, 5.41) is 13.9. The lowest BCUT2D eigenvalue weighted by Crippen LogP contribution is -2.16. The van der Waals surface area contributed by atoms with Crippen LogP contribution in [0.1, 0.15) is 18.5 Å². The number of aromatic nitrogens is 3. The van der Waals surface area contributed by atoms with Crippen molar-refractivity contribution in [3.63, 3.8) is 0 Å². The molecule has 8 heteroatoms. The molecule has 0 radical (unpaired) electrons. The van der Waals surface area contributed by atoms with Crippen molar-refractivity contribution in [3.8, 4) is 11.5 Å². The Kier molecular flexibility index (Phi) is 6.28. The third-order valence-corrected chi connectivity index (χ3v) is 6.45. The zero-order valence-electron chi connectivity index (χ0n) is 18.2. The van der Waals surface area contributed by atoms with Gasteiger partial charge in [-0.05, 0) is 68.3 Å². The molecule has 1 atom stereocenters. The molecule has 1 unspecified atom stereocenters. The molecule has 7 nitrogen and oxygen atoms in total. The van der Waals surface area contributed by atoms with Crippen LogP contribution in [0.25, 0.3) is 11.0 Å². The van der Waals surface area contributed by atoms with Crippen molar-refractivity contribution in [1.82, 2.24) is 15.0 Å². The van der Waals surface area contributed by atoms with Crippen molar-refractivity contribution >= 4 is 34.3 Å². The number of hydrogen-bond acceptors (Lipinski definition) is 8. The highest BCUT2D eigenvalue weighted by Gasteiger charge is 2.17. The highest BCUT2D eigenvalue weighted by molar-refractivity contribution is 7.99. The number of pyridine rings is 1. The third kappa shape index (κ3) is 5.18. The van der Waals surface area contributed by atoms with Crippen LogP contribution in [-0.4, -0.2) is 39.4 Å². The van der Waals surface area contributed by atoms with Gasteiger partial charge in [0, 0.05) is 28.2 Å². The van der Waals surface area contributed by atoms with Crippen LogP contribution in [0.15, 0.2) is 70.7 Å². The number of aryl methyl sites for hydroxylation is 1. The lowest BCUT2D eigenvalue weighted by molar-refractivity contribution is 0.0679. The minimum absolute atomic E-state index is 0.146. The Morgan fingerprint density at radius 3 is 2.82 bits per heavy atom. The summed E-state index contributed by atoms with van der Waals surface area (Å²) in [6.07, 6.45) is 3.77. The van der Waals surface area contributed by atoms with E-state index in [0.717, 1.165) is 51.8 Å². The quantitative estimate of drug-likeness (QED) is 0.374. The zero-order valence-corrected chi connectivity index (χ0v) is 19.0. The second-order valence-corrected chi connectivity index (χ2v) is 8.99. The number of ether oxygens (including phenoxy) is 2. The second-order valence-electron chi connectivity index (χ2n) is 7.87. The summed E-state index contributed by atoms with van der Waals surface area (Å²) in [6, 6.07) is 17.0. The van der Waals surface area contributed by atoms with E-state index in [1.54, 1.807) is 23.9 Å². The molecule has 4 aromatic rings. The number of phenols is 1. The molecule has 0 aliphatic carbocycles. The van der Waals surface area contributed by atoms with E-state index in [-0.39, 0.29) is 11.9 Å². The predicted octanol–water partition coefficient (Wildman–Crippen LogP) is 5.49. The summed E-state index contributed by atoms with van der Waals surface area (Å²) in [4.78, 5) is 15.3. The number of anilines is 2. The minimum Gasteiger partial charge on any atom is -0.508 e. The van der Waals surface area contributed by atoms with Crippen LogP contribution < -0.4 is 10.1 Å². The number of hydrogen-bond donors (Lipinski definition) is 2. The highest BCUT2D eigenvalue weighted by Crippen LogP contribution is 2.38. The van der Waals surface area contributed by atoms with Gasteiger partial charge in [0.25, 0.3) is 0 Å². The summed E-state index contributed by atoms with van der Waals surface area (Å²) in [5.41, 5.74) is 2.41. The first-order valence-electron chi connectivity index (χ1n) is 10.8. The van der Waals surface area contributed by atoms with Crippen LogP contribution in [0, 0.1) is 6.92 Å². The molecule has 5 rings (SSSR count). The van der Waals surface area contributed by atoms with E-state index in [0.29, 0.717) is 18.1 Å². The molecule has 0 bridgehead atoms. The second kappa shape index (κ2) is 9.64. The zero-order chi connectivity index (χ0) is 22.6. The van der Waals surface area contributed by atoms with Crippen molar-refractivity contribution in [3.05, 3.63) is 66.6 Å². The van der Waals surface area contributed by atoms with Crippen LogP contribution in [-0.2, 0) is 4.74 Å². The Morgan fingerprint density at radius 1 is 1.12 bits per heavy atom. The Morgan fingerprint density at radius 2 is 2.00 bits per heavy atom. The van der Waals surface area contributed by atoms with Crippen LogP contribution in [0.5, 0.6) is 11.5 Å². The third-order valence-electron chi connectivity index (χ3n) is 5.36. The first kappa shape index (κ1) is 21.5. The average molecular weight is 461 g/mol. The monoisotopic (exact) mass is 460 g/mol. The van der Waals surface area contributed by atoms with Gasteiger partial charge in [0.05, 0.1) is 17.2 Å². The van der Waals surface area contributed by atoms with E-state index in [9.17, 15) is 5.11 Å². The predicted molar refractivity (Wildman–Crippen MR) is 128 cm³/mol. The molecule has 0 amide bonds. The molecule has 1 saturated heterocycles. The highest BCUT2D eigenvalue weighted by atomic mass is 32.2. The molecule has 0 saturated carbocycles. The van der Waals surface area contributed by atoms with E-state index in [2.05, 4.69) is 20.3 Å². The summed E-state index contributed by atoms with van der Waals surface area (Å²) in [6.45, 7) is 3.27. The largest absolute Gasteiger partial charge is 0.508 e. The van der Waals surface area contributed by atoms with Crippen LogP contribution in [0.4, 0.5) is 11.5 Å². The molecule has 2 N–H and O–H groups in total. The molecule has 2 aromatic heterocycles. The lowest BCUT2D eigenvalue weighted by atomic mass is 10.2. The van der Waals surface area contributed by atoms with E-state index >= 15 is 0 Å². The lowest BCUT2D eigenvalue weighted by Gasteiger charge is -2.16. The van der Waals surface area contributed by atoms with Gasteiger partial charge in [-0.25, -0.2) is 15.0 Å². The fourth-order valence-corrected chi connectivity index (χ4v) is 4.54. The van der Waals surface area contributed by atoms with Gasteiger partial charge < -0.3 is 19.9 Å². The number of nitrogens with zero attached hydrogens (tertiary/aromatic N) is 3. The van der Waals surface area contributed by atoms with Crippen molar-refractivity contribution in [2.75, 3.05) is 18.5 Å². The fourth-order valence-electron chi connectivity index (χ4n) is 3.66. The smallest absolute Gasteiger partial charge is 0.164 e. The van der Waals surface area contributed by atoms with Crippen molar-refractivity contribution in [2.45, 2.75) is 35.7 Å². The molecule has 2 aromatic carbocycles. The molecule has 168 valence electrons.